The molecule has 1 saturated heterocycles. The molecule has 4 nitrogen and oxygen atoms in total. The van der Waals surface area contributed by atoms with Crippen molar-refractivity contribution in [1.29, 1.82) is 0 Å². The Hall–Kier alpha value is -1.92. The van der Waals surface area contributed by atoms with Gasteiger partial charge in [0.25, 0.3) is 0 Å². The standard InChI is InChI=1S/C17H19F2N3O/c1-11-7-16(21-12(2)20-11)17-10-22(5-6-23-17)9-13-3-4-14(18)8-15(13)19/h3-4,7-8,17H,5-6,9-10H2,1-2H3/t17-/m0/s1. The molecule has 1 aliphatic rings. The Morgan fingerprint density at radius 3 is 2.78 bits per heavy atom. The average Bonchev–Trinajstić information content (AvgIpc) is 2.49. The van der Waals surface area contributed by atoms with Crippen LogP contribution in [-0.4, -0.2) is 34.6 Å². The molecule has 1 aromatic heterocycles. The summed E-state index contributed by atoms with van der Waals surface area (Å²) < 4.78 is 32.6. The van der Waals surface area contributed by atoms with Gasteiger partial charge in [0.15, 0.2) is 0 Å². The first-order chi connectivity index (χ1) is 11.0. The summed E-state index contributed by atoms with van der Waals surface area (Å²) in [4.78, 5) is 10.8. The minimum atomic E-state index is -0.557. The van der Waals surface area contributed by atoms with Crippen molar-refractivity contribution in [3.05, 3.63) is 58.7 Å². The van der Waals surface area contributed by atoms with Crippen LogP contribution in [0, 0.1) is 25.5 Å². The van der Waals surface area contributed by atoms with E-state index in [0.717, 1.165) is 17.5 Å². The molecule has 0 N–H and O–H groups in total. The largest absolute Gasteiger partial charge is 0.369 e. The third kappa shape index (κ3) is 3.89. The molecule has 2 heterocycles. The van der Waals surface area contributed by atoms with E-state index < -0.39 is 11.6 Å². The Morgan fingerprint density at radius 2 is 2.04 bits per heavy atom. The van der Waals surface area contributed by atoms with Gasteiger partial charge in [-0.3, -0.25) is 4.90 Å². The van der Waals surface area contributed by atoms with E-state index in [1.54, 1.807) is 0 Å². The molecule has 1 aliphatic heterocycles. The van der Waals surface area contributed by atoms with Crippen molar-refractivity contribution in [2.75, 3.05) is 19.7 Å². The molecule has 0 unspecified atom stereocenters. The minimum absolute atomic E-state index is 0.160. The predicted octanol–water partition coefficient (Wildman–Crippen LogP) is 2.95. The Morgan fingerprint density at radius 1 is 1.22 bits per heavy atom. The fraction of sp³-hybridized carbons (Fsp3) is 0.412. The highest BCUT2D eigenvalue weighted by Gasteiger charge is 2.24. The Kier molecular flexibility index (Phi) is 4.63. The molecule has 0 saturated carbocycles. The number of halogens is 2. The molecule has 1 atom stereocenters. The molecule has 3 rings (SSSR count). The molecular formula is C17H19F2N3O. The SMILES string of the molecule is Cc1cc([C@@H]2CN(Cc3ccc(F)cc3F)CCO2)nc(C)n1. The summed E-state index contributed by atoms with van der Waals surface area (Å²) in [5.74, 6) is -0.356. The van der Waals surface area contributed by atoms with Crippen LogP contribution >= 0.6 is 0 Å². The summed E-state index contributed by atoms with van der Waals surface area (Å²) in [6, 6.07) is 5.62. The molecule has 0 aliphatic carbocycles. The third-order valence-corrected chi connectivity index (χ3v) is 3.88. The van der Waals surface area contributed by atoms with Crippen LogP contribution < -0.4 is 0 Å². The maximum absolute atomic E-state index is 13.8. The normalized spacial score (nSPS) is 19.0. The van der Waals surface area contributed by atoms with Gasteiger partial charge in [0.05, 0.1) is 12.3 Å². The Balaban J connectivity index is 1.73. The second-order valence-electron chi connectivity index (χ2n) is 5.81. The van der Waals surface area contributed by atoms with Crippen molar-refractivity contribution in [2.24, 2.45) is 0 Å². The number of hydrogen-bond acceptors (Lipinski definition) is 4. The van der Waals surface area contributed by atoms with Crippen molar-refractivity contribution < 1.29 is 13.5 Å². The van der Waals surface area contributed by atoms with Gasteiger partial charge in [0.2, 0.25) is 0 Å². The van der Waals surface area contributed by atoms with Gasteiger partial charge >= 0.3 is 0 Å². The van der Waals surface area contributed by atoms with Crippen LogP contribution in [0.1, 0.15) is 28.9 Å². The highest BCUT2D eigenvalue weighted by Crippen LogP contribution is 2.23. The zero-order valence-corrected chi connectivity index (χ0v) is 13.2. The fourth-order valence-electron chi connectivity index (χ4n) is 2.83. The molecular weight excluding hydrogens is 300 g/mol. The van der Waals surface area contributed by atoms with Gasteiger partial charge in [-0.25, -0.2) is 18.7 Å². The third-order valence-electron chi connectivity index (χ3n) is 3.88. The molecule has 2 aromatic rings. The maximum Gasteiger partial charge on any atom is 0.130 e. The lowest BCUT2D eigenvalue weighted by Crippen LogP contribution is -2.38. The molecule has 0 amide bonds. The van der Waals surface area contributed by atoms with E-state index in [-0.39, 0.29) is 6.10 Å². The first-order valence-electron chi connectivity index (χ1n) is 7.61. The average molecular weight is 319 g/mol. The van der Waals surface area contributed by atoms with Crippen LogP contribution in [0.3, 0.4) is 0 Å². The number of morpholine rings is 1. The predicted molar refractivity (Wildman–Crippen MR) is 81.8 cm³/mol. The lowest BCUT2D eigenvalue weighted by molar-refractivity contribution is -0.0354. The lowest BCUT2D eigenvalue weighted by atomic mass is 10.1. The summed E-state index contributed by atoms with van der Waals surface area (Å²) in [5, 5.41) is 0. The lowest BCUT2D eigenvalue weighted by Gasteiger charge is -2.32. The van der Waals surface area contributed by atoms with E-state index in [1.165, 1.54) is 12.1 Å². The molecule has 0 radical (unpaired) electrons. The highest BCUT2D eigenvalue weighted by atomic mass is 19.1. The molecule has 6 heteroatoms. The van der Waals surface area contributed by atoms with Crippen LogP contribution in [0.4, 0.5) is 8.78 Å². The second-order valence-corrected chi connectivity index (χ2v) is 5.81. The smallest absolute Gasteiger partial charge is 0.130 e. The van der Waals surface area contributed by atoms with Gasteiger partial charge in [-0.2, -0.15) is 0 Å². The Bertz CT molecular complexity index is 688. The van der Waals surface area contributed by atoms with Gasteiger partial charge in [-0.05, 0) is 26.0 Å². The minimum Gasteiger partial charge on any atom is -0.369 e. The number of hydrogen-bond donors (Lipinski definition) is 0. The van der Waals surface area contributed by atoms with Gasteiger partial charge in [-0.1, -0.05) is 6.07 Å². The summed E-state index contributed by atoms with van der Waals surface area (Å²) >= 11 is 0. The van der Waals surface area contributed by atoms with Gasteiger partial charge < -0.3 is 4.74 Å². The monoisotopic (exact) mass is 319 g/mol. The topological polar surface area (TPSA) is 38.2 Å². The van der Waals surface area contributed by atoms with Gasteiger partial charge in [0.1, 0.15) is 23.6 Å². The number of benzene rings is 1. The first-order valence-corrected chi connectivity index (χ1v) is 7.61. The van der Waals surface area contributed by atoms with Crippen molar-refractivity contribution in [1.82, 2.24) is 14.9 Å². The molecule has 0 spiro atoms. The van der Waals surface area contributed by atoms with E-state index in [4.69, 9.17) is 4.74 Å². The van der Waals surface area contributed by atoms with Gasteiger partial charge in [0, 0.05) is 37.0 Å². The quantitative estimate of drug-likeness (QED) is 0.872. The fourth-order valence-corrected chi connectivity index (χ4v) is 2.83. The zero-order valence-electron chi connectivity index (χ0n) is 13.2. The van der Waals surface area contributed by atoms with E-state index in [9.17, 15) is 8.78 Å². The van der Waals surface area contributed by atoms with Crippen LogP contribution in [-0.2, 0) is 11.3 Å². The molecule has 1 fully saturated rings. The van der Waals surface area contributed by atoms with Crippen molar-refractivity contribution >= 4 is 0 Å². The van der Waals surface area contributed by atoms with Gasteiger partial charge in [-0.15, -0.1) is 0 Å². The van der Waals surface area contributed by atoms with Crippen LogP contribution in [0.5, 0.6) is 0 Å². The van der Waals surface area contributed by atoms with Crippen molar-refractivity contribution in [2.45, 2.75) is 26.5 Å². The molecule has 23 heavy (non-hydrogen) atoms. The summed E-state index contributed by atoms with van der Waals surface area (Å²) in [6.07, 6.45) is -0.160. The first kappa shape index (κ1) is 16.0. The summed E-state index contributed by atoms with van der Waals surface area (Å²) in [6.45, 7) is 6.07. The maximum atomic E-state index is 13.8. The molecule has 1 aromatic carbocycles. The van der Waals surface area contributed by atoms with Crippen LogP contribution in [0.2, 0.25) is 0 Å². The number of ether oxygens (including phenoxy) is 1. The number of nitrogens with zero attached hydrogens (tertiary/aromatic N) is 3. The van der Waals surface area contributed by atoms with Crippen molar-refractivity contribution in [3.8, 4) is 0 Å². The second kappa shape index (κ2) is 6.68. The Labute approximate surface area is 134 Å². The number of aryl methyl sites for hydroxylation is 2. The van der Waals surface area contributed by atoms with E-state index >= 15 is 0 Å². The number of aromatic nitrogens is 2. The van der Waals surface area contributed by atoms with Crippen molar-refractivity contribution in [3.63, 3.8) is 0 Å². The van der Waals surface area contributed by atoms with Crippen LogP contribution in [0.15, 0.2) is 24.3 Å². The van der Waals surface area contributed by atoms with E-state index in [2.05, 4.69) is 14.9 Å². The van der Waals surface area contributed by atoms with E-state index in [0.29, 0.717) is 37.6 Å². The number of rotatable bonds is 3. The van der Waals surface area contributed by atoms with Crippen LogP contribution in [0.25, 0.3) is 0 Å². The van der Waals surface area contributed by atoms with E-state index in [1.807, 2.05) is 19.9 Å². The molecule has 122 valence electrons. The summed E-state index contributed by atoms with van der Waals surface area (Å²) in [5.41, 5.74) is 2.24. The highest BCUT2D eigenvalue weighted by molar-refractivity contribution is 5.19. The zero-order chi connectivity index (χ0) is 16.4. The summed E-state index contributed by atoms with van der Waals surface area (Å²) in [7, 11) is 0. The molecule has 0 bridgehead atoms.